The summed E-state index contributed by atoms with van der Waals surface area (Å²) in [4.78, 5) is 23.4. The average Bonchev–Trinajstić information content (AvgIpc) is 2.78. The first-order valence-electron chi connectivity index (χ1n) is 6.08. The minimum absolute atomic E-state index is 0.245. The van der Waals surface area contributed by atoms with Crippen LogP contribution in [0.2, 0.25) is 0 Å². The van der Waals surface area contributed by atoms with E-state index in [4.69, 9.17) is 4.42 Å². The number of rotatable bonds is 3. The number of carbonyl (C=O) groups is 2. The number of carbonyl (C=O) groups excluding carboxylic acids is 2. The molecule has 1 amide bonds. The molecule has 20 heavy (non-hydrogen) atoms. The molecule has 1 aromatic carbocycles. The Morgan fingerprint density at radius 3 is 2.30 bits per heavy atom. The van der Waals surface area contributed by atoms with Crippen LogP contribution in [-0.4, -0.2) is 19.0 Å². The average molecular weight is 273 g/mol. The molecule has 5 nitrogen and oxygen atoms in total. The fourth-order valence-electron chi connectivity index (χ4n) is 1.86. The summed E-state index contributed by atoms with van der Waals surface area (Å²) in [6.45, 7) is 3.53. The lowest BCUT2D eigenvalue weighted by molar-refractivity contribution is 0.0600. The van der Waals surface area contributed by atoms with Gasteiger partial charge in [-0.1, -0.05) is 0 Å². The van der Waals surface area contributed by atoms with E-state index in [2.05, 4.69) is 10.1 Å². The van der Waals surface area contributed by atoms with E-state index in [-0.39, 0.29) is 5.91 Å². The Morgan fingerprint density at radius 2 is 1.80 bits per heavy atom. The second-order valence-corrected chi connectivity index (χ2v) is 4.35. The topological polar surface area (TPSA) is 68.5 Å². The second kappa shape index (κ2) is 5.61. The summed E-state index contributed by atoms with van der Waals surface area (Å²) in [6.07, 6.45) is 0. The summed E-state index contributed by atoms with van der Waals surface area (Å²) >= 11 is 0. The third kappa shape index (κ3) is 2.88. The normalized spacial score (nSPS) is 10.2. The summed E-state index contributed by atoms with van der Waals surface area (Å²) < 4.78 is 9.92. The molecule has 0 saturated heterocycles. The number of hydrogen-bond acceptors (Lipinski definition) is 4. The standard InChI is InChI=1S/C15H15NO4/c1-9-8-13(10(2)20-9)14(17)16-12-6-4-11(5-7-12)15(18)19-3/h4-8H,1-3H3,(H,16,17). The molecule has 0 saturated carbocycles. The van der Waals surface area contributed by atoms with E-state index in [0.717, 1.165) is 0 Å². The highest BCUT2D eigenvalue weighted by Crippen LogP contribution is 2.17. The zero-order chi connectivity index (χ0) is 14.7. The summed E-state index contributed by atoms with van der Waals surface area (Å²) in [7, 11) is 1.32. The molecule has 0 bridgehead atoms. The summed E-state index contributed by atoms with van der Waals surface area (Å²) in [5, 5.41) is 2.75. The van der Waals surface area contributed by atoms with E-state index in [9.17, 15) is 9.59 Å². The highest BCUT2D eigenvalue weighted by molar-refractivity contribution is 6.05. The molecule has 0 atom stereocenters. The molecular formula is C15H15NO4. The quantitative estimate of drug-likeness (QED) is 0.873. The van der Waals surface area contributed by atoms with Crippen molar-refractivity contribution in [2.24, 2.45) is 0 Å². The van der Waals surface area contributed by atoms with Gasteiger partial charge in [-0.25, -0.2) is 4.79 Å². The first-order valence-corrected chi connectivity index (χ1v) is 6.08. The van der Waals surface area contributed by atoms with Crippen LogP contribution in [0.25, 0.3) is 0 Å². The summed E-state index contributed by atoms with van der Waals surface area (Å²) in [5.41, 5.74) is 1.53. The van der Waals surface area contributed by atoms with Gasteiger partial charge in [-0.05, 0) is 44.2 Å². The Labute approximate surface area is 116 Å². The van der Waals surface area contributed by atoms with Gasteiger partial charge in [0.2, 0.25) is 0 Å². The first-order chi connectivity index (χ1) is 9.51. The molecule has 0 aliphatic rings. The van der Waals surface area contributed by atoms with Gasteiger partial charge in [-0.2, -0.15) is 0 Å². The van der Waals surface area contributed by atoms with Crippen LogP contribution in [0.15, 0.2) is 34.7 Å². The Hall–Kier alpha value is -2.56. The van der Waals surface area contributed by atoms with E-state index in [1.165, 1.54) is 7.11 Å². The van der Waals surface area contributed by atoms with Crippen molar-refractivity contribution in [3.63, 3.8) is 0 Å². The molecule has 0 unspecified atom stereocenters. The minimum Gasteiger partial charge on any atom is -0.466 e. The van der Waals surface area contributed by atoms with Crippen LogP contribution in [0.4, 0.5) is 5.69 Å². The van der Waals surface area contributed by atoms with Gasteiger partial charge in [-0.15, -0.1) is 0 Å². The number of benzene rings is 1. The van der Waals surface area contributed by atoms with Gasteiger partial charge in [0.15, 0.2) is 0 Å². The number of esters is 1. The SMILES string of the molecule is COC(=O)c1ccc(NC(=O)c2cc(C)oc2C)cc1. The van der Waals surface area contributed by atoms with Crippen molar-refractivity contribution >= 4 is 17.6 Å². The number of furan rings is 1. The van der Waals surface area contributed by atoms with Crippen LogP contribution >= 0.6 is 0 Å². The molecule has 0 spiro atoms. The molecule has 0 radical (unpaired) electrons. The van der Waals surface area contributed by atoms with Crippen LogP contribution in [0.5, 0.6) is 0 Å². The van der Waals surface area contributed by atoms with Crippen LogP contribution in [-0.2, 0) is 4.74 Å². The maximum atomic E-state index is 12.1. The van der Waals surface area contributed by atoms with E-state index in [1.54, 1.807) is 44.2 Å². The fraction of sp³-hybridized carbons (Fsp3) is 0.200. The molecule has 2 aromatic rings. The number of methoxy groups -OCH3 is 1. The molecule has 0 fully saturated rings. The third-order valence-corrected chi connectivity index (χ3v) is 2.85. The number of ether oxygens (including phenoxy) is 1. The summed E-state index contributed by atoms with van der Waals surface area (Å²) in [5.74, 6) is 0.606. The molecule has 0 aliphatic carbocycles. The Morgan fingerprint density at radius 1 is 1.15 bits per heavy atom. The number of anilines is 1. The van der Waals surface area contributed by atoms with Gasteiger partial charge in [-0.3, -0.25) is 4.79 Å². The van der Waals surface area contributed by atoms with Crippen molar-refractivity contribution in [1.29, 1.82) is 0 Å². The molecular weight excluding hydrogens is 258 g/mol. The van der Waals surface area contributed by atoms with Crippen molar-refractivity contribution < 1.29 is 18.7 Å². The van der Waals surface area contributed by atoms with Crippen LogP contribution in [0.1, 0.15) is 32.2 Å². The van der Waals surface area contributed by atoms with Gasteiger partial charge in [0, 0.05) is 5.69 Å². The highest BCUT2D eigenvalue weighted by atomic mass is 16.5. The third-order valence-electron chi connectivity index (χ3n) is 2.85. The number of amides is 1. The van der Waals surface area contributed by atoms with Crippen molar-refractivity contribution in [3.05, 3.63) is 53.0 Å². The first kappa shape index (κ1) is 13.9. The maximum absolute atomic E-state index is 12.1. The molecule has 1 heterocycles. The molecule has 2 rings (SSSR count). The lowest BCUT2D eigenvalue weighted by Gasteiger charge is -2.05. The van der Waals surface area contributed by atoms with Crippen molar-refractivity contribution in [3.8, 4) is 0 Å². The van der Waals surface area contributed by atoms with Gasteiger partial charge in [0.05, 0.1) is 18.2 Å². The van der Waals surface area contributed by atoms with Crippen LogP contribution in [0.3, 0.4) is 0 Å². The van der Waals surface area contributed by atoms with E-state index in [0.29, 0.717) is 28.3 Å². The van der Waals surface area contributed by atoms with Crippen molar-refractivity contribution in [2.45, 2.75) is 13.8 Å². The van der Waals surface area contributed by atoms with Crippen molar-refractivity contribution in [2.75, 3.05) is 12.4 Å². The molecule has 5 heteroatoms. The van der Waals surface area contributed by atoms with Gasteiger partial charge in [0.1, 0.15) is 11.5 Å². The second-order valence-electron chi connectivity index (χ2n) is 4.35. The number of aryl methyl sites for hydroxylation is 2. The lowest BCUT2D eigenvalue weighted by Crippen LogP contribution is -2.12. The van der Waals surface area contributed by atoms with Crippen LogP contribution in [0, 0.1) is 13.8 Å². The monoisotopic (exact) mass is 273 g/mol. The number of nitrogens with one attached hydrogen (secondary N) is 1. The van der Waals surface area contributed by atoms with E-state index >= 15 is 0 Å². The minimum atomic E-state index is -0.413. The van der Waals surface area contributed by atoms with Crippen molar-refractivity contribution in [1.82, 2.24) is 0 Å². The number of hydrogen-bond donors (Lipinski definition) is 1. The predicted molar refractivity (Wildman–Crippen MR) is 73.9 cm³/mol. The smallest absolute Gasteiger partial charge is 0.337 e. The molecule has 1 N–H and O–H groups in total. The zero-order valence-electron chi connectivity index (χ0n) is 11.5. The zero-order valence-corrected chi connectivity index (χ0v) is 11.5. The predicted octanol–water partition coefficient (Wildman–Crippen LogP) is 2.94. The Balaban J connectivity index is 2.12. The van der Waals surface area contributed by atoms with E-state index in [1.807, 2.05) is 0 Å². The molecule has 0 aliphatic heterocycles. The fourth-order valence-corrected chi connectivity index (χ4v) is 1.86. The highest BCUT2D eigenvalue weighted by Gasteiger charge is 2.13. The lowest BCUT2D eigenvalue weighted by atomic mass is 10.2. The summed E-state index contributed by atoms with van der Waals surface area (Å²) in [6, 6.07) is 8.16. The molecule has 1 aromatic heterocycles. The Bertz CT molecular complexity index is 640. The largest absolute Gasteiger partial charge is 0.466 e. The van der Waals surface area contributed by atoms with Crippen LogP contribution < -0.4 is 5.32 Å². The maximum Gasteiger partial charge on any atom is 0.337 e. The van der Waals surface area contributed by atoms with E-state index < -0.39 is 5.97 Å². The van der Waals surface area contributed by atoms with Gasteiger partial charge in [0.25, 0.3) is 5.91 Å². The van der Waals surface area contributed by atoms with Gasteiger partial charge < -0.3 is 14.5 Å². The Kier molecular flexibility index (Phi) is 3.89. The van der Waals surface area contributed by atoms with Gasteiger partial charge >= 0.3 is 5.97 Å². The molecule has 104 valence electrons.